The lowest BCUT2D eigenvalue weighted by Crippen LogP contribution is -2.35. The van der Waals surface area contributed by atoms with Crippen LogP contribution < -0.4 is 0 Å². The molecule has 35 heavy (non-hydrogen) atoms. The quantitative estimate of drug-likeness (QED) is 0.224. The Hall–Kier alpha value is -2.88. The molecule has 0 spiro atoms. The van der Waals surface area contributed by atoms with Crippen molar-refractivity contribution in [2.75, 3.05) is 6.54 Å². The number of carboxylic acids is 1. The average molecular weight is 514 g/mol. The van der Waals surface area contributed by atoms with Crippen molar-refractivity contribution in [1.29, 1.82) is 0 Å². The molecule has 2 atom stereocenters. The highest BCUT2D eigenvalue weighted by Crippen LogP contribution is 2.29. The standard InChI is InChI=1S/C26H31N3O4S2/c1-3-24(23-9-7-14-27-18-23)35(32,33)29(16-6-4-5-8-20(2)26(30)31)19-21-10-12-22(13-11-21)25-28-15-17-34-25/h3,7,9-15,17-18,20,24H,1,4-6,8,16,19H2,2H3,(H,30,31). The summed E-state index contributed by atoms with van der Waals surface area (Å²) in [6.07, 6.45) is 9.06. The molecule has 0 aliphatic rings. The fraction of sp³-hybridized carbons (Fsp3) is 0.346. The number of carboxylic acid groups (broad SMARTS) is 1. The number of rotatable bonds is 14. The van der Waals surface area contributed by atoms with Crippen LogP contribution in [-0.4, -0.2) is 40.3 Å². The smallest absolute Gasteiger partial charge is 0.306 e. The van der Waals surface area contributed by atoms with Gasteiger partial charge in [0.2, 0.25) is 10.0 Å². The van der Waals surface area contributed by atoms with Gasteiger partial charge >= 0.3 is 5.97 Å². The number of carbonyl (C=O) groups is 1. The monoisotopic (exact) mass is 513 g/mol. The van der Waals surface area contributed by atoms with E-state index in [1.165, 1.54) is 10.4 Å². The lowest BCUT2D eigenvalue weighted by molar-refractivity contribution is -0.141. The first-order valence-corrected chi connectivity index (χ1v) is 13.9. The first kappa shape index (κ1) is 26.7. The summed E-state index contributed by atoms with van der Waals surface area (Å²) in [5.41, 5.74) is 2.44. The third kappa shape index (κ3) is 7.30. The van der Waals surface area contributed by atoms with Crippen LogP contribution in [0.15, 0.2) is 73.0 Å². The minimum Gasteiger partial charge on any atom is -0.481 e. The molecule has 0 bridgehead atoms. The highest BCUT2D eigenvalue weighted by atomic mass is 32.2. The van der Waals surface area contributed by atoms with Crippen LogP contribution in [0.5, 0.6) is 0 Å². The molecule has 0 radical (unpaired) electrons. The molecule has 0 fully saturated rings. The van der Waals surface area contributed by atoms with Crippen LogP contribution in [0, 0.1) is 5.92 Å². The predicted octanol–water partition coefficient (Wildman–Crippen LogP) is 5.55. The SMILES string of the molecule is C=CC(c1cccnc1)S(=O)(=O)N(CCCCCC(C)C(=O)O)Cc1ccc(-c2nccs2)cc1. The number of benzene rings is 1. The molecule has 1 N–H and O–H groups in total. The molecular weight excluding hydrogens is 482 g/mol. The Morgan fingerprint density at radius 3 is 2.54 bits per heavy atom. The van der Waals surface area contributed by atoms with Gasteiger partial charge in [-0.3, -0.25) is 9.78 Å². The number of unbranched alkanes of at least 4 members (excludes halogenated alkanes) is 2. The van der Waals surface area contributed by atoms with E-state index >= 15 is 0 Å². The number of thiazole rings is 1. The fourth-order valence-corrected chi connectivity index (χ4v) is 6.20. The van der Waals surface area contributed by atoms with Crippen molar-refractivity contribution in [1.82, 2.24) is 14.3 Å². The Kier molecular flexibility index (Phi) is 9.71. The second kappa shape index (κ2) is 12.7. The van der Waals surface area contributed by atoms with E-state index in [9.17, 15) is 13.2 Å². The maximum atomic E-state index is 13.7. The number of nitrogens with zero attached hydrogens (tertiary/aromatic N) is 3. The molecule has 3 rings (SSSR count). The average Bonchev–Trinajstić information content (AvgIpc) is 3.39. The van der Waals surface area contributed by atoms with Gasteiger partial charge in [-0.25, -0.2) is 13.4 Å². The zero-order chi connectivity index (χ0) is 25.3. The van der Waals surface area contributed by atoms with Gasteiger partial charge in [0.05, 0.1) is 5.92 Å². The number of aromatic nitrogens is 2. The summed E-state index contributed by atoms with van der Waals surface area (Å²) in [7, 11) is -3.76. The molecular formula is C26H31N3O4S2. The van der Waals surface area contributed by atoms with Crippen molar-refractivity contribution in [2.45, 2.75) is 44.4 Å². The summed E-state index contributed by atoms with van der Waals surface area (Å²) in [6.45, 7) is 6.04. The van der Waals surface area contributed by atoms with E-state index in [0.29, 0.717) is 24.9 Å². The summed E-state index contributed by atoms with van der Waals surface area (Å²) in [4.78, 5) is 19.4. The largest absolute Gasteiger partial charge is 0.481 e. The van der Waals surface area contributed by atoms with E-state index in [4.69, 9.17) is 5.11 Å². The first-order chi connectivity index (χ1) is 16.8. The second-order valence-electron chi connectivity index (χ2n) is 8.44. The topological polar surface area (TPSA) is 100 Å². The predicted molar refractivity (Wildman–Crippen MR) is 139 cm³/mol. The van der Waals surface area contributed by atoms with Gasteiger partial charge < -0.3 is 5.11 Å². The Bertz CT molecular complexity index is 1180. The zero-order valence-corrected chi connectivity index (χ0v) is 21.4. The van der Waals surface area contributed by atoms with E-state index in [2.05, 4.69) is 16.5 Å². The van der Waals surface area contributed by atoms with Crippen molar-refractivity contribution in [3.63, 3.8) is 0 Å². The summed E-state index contributed by atoms with van der Waals surface area (Å²) in [6, 6.07) is 11.2. The molecule has 0 aliphatic heterocycles. The summed E-state index contributed by atoms with van der Waals surface area (Å²) in [5.74, 6) is -1.21. The maximum absolute atomic E-state index is 13.7. The normalized spacial score (nSPS) is 13.4. The molecule has 7 nitrogen and oxygen atoms in total. The molecule has 0 amide bonds. The first-order valence-electron chi connectivity index (χ1n) is 11.6. The van der Waals surface area contributed by atoms with Gasteiger partial charge in [0.1, 0.15) is 10.3 Å². The Morgan fingerprint density at radius 1 is 1.17 bits per heavy atom. The second-order valence-corrected chi connectivity index (χ2v) is 11.4. The summed E-state index contributed by atoms with van der Waals surface area (Å²) in [5, 5.41) is 11.0. The van der Waals surface area contributed by atoms with Gasteiger partial charge in [-0.15, -0.1) is 17.9 Å². The van der Waals surface area contributed by atoms with Crippen molar-refractivity contribution in [3.8, 4) is 10.6 Å². The number of aliphatic carboxylic acids is 1. The number of sulfonamides is 1. The van der Waals surface area contributed by atoms with Crippen LogP contribution in [0.4, 0.5) is 0 Å². The van der Waals surface area contributed by atoms with Gasteiger partial charge in [-0.05, 0) is 30.0 Å². The van der Waals surface area contributed by atoms with E-state index in [-0.39, 0.29) is 6.54 Å². The molecule has 0 saturated heterocycles. The molecule has 1 aromatic carbocycles. The molecule has 3 aromatic rings. The van der Waals surface area contributed by atoms with Crippen LogP contribution in [0.2, 0.25) is 0 Å². The highest BCUT2D eigenvalue weighted by Gasteiger charge is 2.31. The molecule has 2 aromatic heterocycles. The van der Waals surface area contributed by atoms with E-state index < -0.39 is 27.2 Å². The molecule has 9 heteroatoms. The van der Waals surface area contributed by atoms with E-state index in [0.717, 1.165) is 29.0 Å². The minimum absolute atomic E-state index is 0.233. The van der Waals surface area contributed by atoms with Gasteiger partial charge in [-0.1, -0.05) is 56.2 Å². The molecule has 0 saturated carbocycles. The molecule has 2 unspecified atom stereocenters. The third-order valence-electron chi connectivity index (χ3n) is 5.87. The van der Waals surface area contributed by atoms with Crippen molar-refractivity contribution in [2.24, 2.45) is 5.92 Å². The van der Waals surface area contributed by atoms with E-state index in [1.54, 1.807) is 49.0 Å². The van der Waals surface area contributed by atoms with Crippen LogP contribution in [0.3, 0.4) is 0 Å². The zero-order valence-electron chi connectivity index (χ0n) is 19.8. The van der Waals surface area contributed by atoms with Crippen LogP contribution in [0.25, 0.3) is 10.6 Å². The van der Waals surface area contributed by atoms with Crippen molar-refractivity contribution >= 4 is 27.3 Å². The number of pyridine rings is 1. The van der Waals surface area contributed by atoms with Gasteiger partial charge in [0.15, 0.2) is 0 Å². The highest BCUT2D eigenvalue weighted by molar-refractivity contribution is 7.89. The molecule has 2 heterocycles. The van der Waals surface area contributed by atoms with Gasteiger partial charge in [0, 0.05) is 42.6 Å². The van der Waals surface area contributed by atoms with Crippen LogP contribution >= 0.6 is 11.3 Å². The van der Waals surface area contributed by atoms with Crippen LogP contribution in [0.1, 0.15) is 49.0 Å². The lowest BCUT2D eigenvalue weighted by atomic mass is 10.0. The number of hydrogen-bond acceptors (Lipinski definition) is 6. The molecule has 0 aliphatic carbocycles. The Balaban J connectivity index is 1.76. The summed E-state index contributed by atoms with van der Waals surface area (Å²) >= 11 is 1.55. The fourth-order valence-electron chi connectivity index (χ4n) is 3.79. The Morgan fingerprint density at radius 2 is 1.94 bits per heavy atom. The van der Waals surface area contributed by atoms with Gasteiger partial charge in [-0.2, -0.15) is 4.31 Å². The number of hydrogen-bond donors (Lipinski definition) is 1. The lowest BCUT2D eigenvalue weighted by Gasteiger charge is -2.26. The third-order valence-corrected chi connectivity index (χ3v) is 8.83. The van der Waals surface area contributed by atoms with Gasteiger partial charge in [0.25, 0.3) is 0 Å². The minimum atomic E-state index is -3.76. The molecule has 186 valence electrons. The summed E-state index contributed by atoms with van der Waals surface area (Å²) < 4.78 is 29.0. The van der Waals surface area contributed by atoms with Crippen molar-refractivity contribution in [3.05, 3.63) is 84.2 Å². The van der Waals surface area contributed by atoms with Crippen molar-refractivity contribution < 1.29 is 18.3 Å². The van der Waals surface area contributed by atoms with E-state index in [1.807, 2.05) is 29.6 Å². The Labute approximate surface area is 211 Å². The van der Waals surface area contributed by atoms with Crippen LogP contribution in [-0.2, 0) is 21.4 Å². The maximum Gasteiger partial charge on any atom is 0.306 e.